The van der Waals surface area contributed by atoms with Crippen LogP contribution in [0.15, 0.2) is 48.8 Å². The van der Waals surface area contributed by atoms with E-state index in [4.69, 9.17) is 5.11 Å². The molecule has 0 aromatic carbocycles. The molecule has 28 heavy (non-hydrogen) atoms. The summed E-state index contributed by atoms with van der Waals surface area (Å²) in [5, 5.41) is 8.32. The number of aromatic nitrogens is 3. The van der Waals surface area contributed by atoms with Crippen molar-refractivity contribution in [2.24, 2.45) is 0 Å². The number of hydrogen-bond donors (Lipinski definition) is 1. The van der Waals surface area contributed by atoms with Gasteiger partial charge in [0.05, 0.1) is 0 Å². The van der Waals surface area contributed by atoms with Gasteiger partial charge in [0.2, 0.25) is 0 Å². The first-order chi connectivity index (χ1) is 12.7. The summed E-state index contributed by atoms with van der Waals surface area (Å²) >= 11 is 0. The molecule has 0 amide bonds. The molecule has 3 rings (SSSR count). The number of hydrogen-bond acceptors (Lipinski definition) is 4. The second-order valence-electron chi connectivity index (χ2n) is 6.59. The molecule has 0 atom stereocenters. The Bertz CT molecular complexity index is 932. The van der Waals surface area contributed by atoms with E-state index < -0.39 is 17.9 Å². The van der Waals surface area contributed by atoms with E-state index in [-0.39, 0.29) is 36.8 Å². The van der Waals surface area contributed by atoms with Crippen LogP contribution >= 0.6 is 0 Å². The van der Waals surface area contributed by atoms with Gasteiger partial charge >= 0.3 is 5.97 Å². The molecule has 149 valence electrons. The molecule has 0 saturated heterocycles. The predicted molar refractivity (Wildman–Crippen MR) is 96.1 cm³/mol. The van der Waals surface area contributed by atoms with E-state index in [9.17, 15) is 13.6 Å². The average molecular weight is 563 g/mol. The van der Waals surface area contributed by atoms with Gasteiger partial charge in [0.15, 0.2) is 0 Å². The zero-order valence-corrected chi connectivity index (χ0v) is 17.8. The van der Waals surface area contributed by atoms with Crippen LogP contribution in [0, 0.1) is 18.0 Å². The molecule has 0 aliphatic heterocycles. The van der Waals surface area contributed by atoms with E-state index in [1.165, 1.54) is 12.3 Å². The molecular weight excluding hydrogens is 544 g/mol. The first-order valence-corrected chi connectivity index (χ1v) is 8.03. The fourth-order valence-corrected chi connectivity index (χ4v) is 2.08. The summed E-state index contributed by atoms with van der Waals surface area (Å²) < 4.78 is 26.3. The Kier molecular flexibility index (Phi) is 8.47. The van der Waals surface area contributed by atoms with Crippen molar-refractivity contribution in [3.8, 4) is 11.3 Å². The van der Waals surface area contributed by atoms with Crippen LogP contribution in [-0.2, 0) is 25.5 Å². The summed E-state index contributed by atoms with van der Waals surface area (Å²) in [6, 6.07) is 11.9. The molecule has 3 aromatic heterocycles. The van der Waals surface area contributed by atoms with Crippen molar-refractivity contribution in [1.29, 1.82) is 0 Å². The van der Waals surface area contributed by atoms with Gasteiger partial charge in [-0.1, -0.05) is 44.5 Å². The molecule has 1 N–H and O–H groups in total. The van der Waals surface area contributed by atoms with Crippen LogP contribution in [0.4, 0.5) is 8.78 Å². The number of nitrogens with zero attached hydrogens (tertiary/aromatic N) is 3. The number of rotatable bonds is 2. The Balaban J connectivity index is 0.000000332. The van der Waals surface area contributed by atoms with Crippen LogP contribution in [0.1, 0.15) is 36.8 Å². The molecule has 0 unspecified atom stereocenters. The van der Waals surface area contributed by atoms with Gasteiger partial charge in [-0.25, -0.2) is 18.6 Å². The summed E-state index contributed by atoms with van der Waals surface area (Å²) in [4.78, 5) is 20.9. The molecule has 0 aliphatic rings. The Morgan fingerprint density at radius 2 is 1.82 bits per heavy atom. The zero-order chi connectivity index (χ0) is 20.0. The van der Waals surface area contributed by atoms with Crippen LogP contribution in [0.25, 0.3) is 11.3 Å². The number of halogens is 2. The average Bonchev–Trinajstić information content (AvgIpc) is 2.62. The van der Waals surface area contributed by atoms with E-state index in [0.717, 1.165) is 11.6 Å². The summed E-state index contributed by atoms with van der Waals surface area (Å²) in [5.41, 5.74) is 1.53. The Morgan fingerprint density at radius 1 is 1.11 bits per heavy atom. The maximum Gasteiger partial charge on any atom is 0.354 e. The van der Waals surface area contributed by atoms with E-state index >= 15 is 0 Å². The van der Waals surface area contributed by atoms with Crippen LogP contribution in [0.5, 0.6) is 0 Å². The van der Waals surface area contributed by atoms with E-state index in [1.54, 1.807) is 24.4 Å². The minimum atomic E-state index is -0.990. The van der Waals surface area contributed by atoms with Crippen molar-refractivity contribution in [3.05, 3.63) is 78.0 Å². The van der Waals surface area contributed by atoms with Crippen LogP contribution < -0.4 is 0 Å². The summed E-state index contributed by atoms with van der Waals surface area (Å²) in [6.07, 6.45) is 3.05. The van der Waals surface area contributed by atoms with Gasteiger partial charge in [-0.05, 0) is 34.9 Å². The van der Waals surface area contributed by atoms with E-state index in [1.807, 2.05) is 6.07 Å². The third-order valence-electron chi connectivity index (χ3n) is 3.51. The van der Waals surface area contributed by atoms with Crippen molar-refractivity contribution >= 4 is 5.97 Å². The minimum Gasteiger partial charge on any atom is -0.477 e. The Morgan fingerprint density at radius 3 is 2.32 bits per heavy atom. The smallest absolute Gasteiger partial charge is 0.354 e. The summed E-state index contributed by atoms with van der Waals surface area (Å²) in [5.74, 6) is -2.77. The quantitative estimate of drug-likeness (QED) is 0.373. The number of carboxylic acids is 1. The van der Waals surface area contributed by atoms with Gasteiger partial charge in [-0.2, -0.15) is 0 Å². The molecule has 3 aromatic rings. The van der Waals surface area contributed by atoms with Crippen molar-refractivity contribution in [2.45, 2.75) is 26.2 Å². The molecule has 5 nitrogen and oxygen atoms in total. The summed E-state index contributed by atoms with van der Waals surface area (Å²) in [6.45, 7) is 6.15. The fourth-order valence-electron chi connectivity index (χ4n) is 2.08. The van der Waals surface area contributed by atoms with Gasteiger partial charge in [-0.3, -0.25) is 4.98 Å². The van der Waals surface area contributed by atoms with Crippen molar-refractivity contribution in [1.82, 2.24) is 15.0 Å². The molecule has 0 saturated carbocycles. The largest absolute Gasteiger partial charge is 0.477 e. The molecular formula is C20H18F2IrN3O2-. The molecule has 8 heteroatoms. The maximum atomic E-state index is 13.5. The van der Waals surface area contributed by atoms with Gasteiger partial charge in [0.25, 0.3) is 0 Å². The summed E-state index contributed by atoms with van der Waals surface area (Å²) in [7, 11) is 0. The third-order valence-corrected chi connectivity index (χ3v) is 3.51. The fraction of sp³-hybridized carbons (Fsp3) is 0.200. The van der Waals surface area contributed by atoms with Crippen LogP contribution in [-0.4, -0.2) is 26.0 Å². The monoisotopic (exact) mass is 563 g/mol. The maximum absolute atomic E-state index is 13.5. The molecule has 3 heterocycles. The van der Waals surface area contributed by atoms with Gasteiger partial charge in [0, 0.05) is 32.5 Å². The number of pyridine rings is 3. The van der Waals surface area contributed by atoms with Crippen molar-refractivity contribution < 1.29 is 38.8 Å². The second-order valence-corrected chi connectivity index (χ2v) is 6.59. The first-order valence-electron chi connectivity index (χ1n) is 8.03. The number of carbonyl (C=O) groups is 1. The van der Waals surface area contributed by atoms with Crippen LogP contribution in [0.2, 0.25) is 0 Å². The number of carboxylic acid groups (broad SMARTS) is 1. The van der Waals surface area contributed by atoms with E-state index in [2.05, 4.69) is 41.8 Å². The topological polar surface area (TPSA) is 76.0 Å². The standard InChI is InChI=1S/C14H13F2N2.C6H5NO2.Ir/c1-14(2,3)9-6-7-17-11(8-9)10-4-5-12(15)18-13(10)16;8-6(9)5-3-1-2-4-7-5;/h5-8H,1-3H3;1-4H,(H,8,9);/q-1;;. The zero-order valence-electron chi connectivity index (χ0n) is 15.4. The van der Waals surface area contributed by atoms with Crippen molar-refractivity contribution in [3.63, 3.8) is 0 Å². The SMILES string of the molecule is CC(C)(C)c1ccnc(-c2[c-]cc(F)nc2F)c1.O=C(O)c1ccccn1.[Ir]. The van der Waals surface area contributed by atoms with E-state index in [0.29, 0.717) is 5.69 Å². The predicted octanol–water partition coefficient (Wildman–Crippen LogP) is 4.30. The molecule has 1 radical (unpaired) electrons. The van der Waals surface area contributed by atoms with Gasteiger partial charge in [0.1, 0.15) is 17.6 Å². The van der Waals surface area contributed by atoms with Gasteiger partial charge in [-0.15, -0.1) is 6.07 Å². The number of aromatic carboxylic acids is 1. The Labute approximate surface area is 175 Å². The molecule has 0 aliphatic carbocycles. The van der Waals surface area contributed by atoms with Crippen LogP contribution in [0.3, 0.4) is 0 Å². The normalized spacial score (nSPS) is 10.3. The molecule has 0 spiro atoms. The molecule has 0 fully saturated rings. The first kappa shape index (κ1) is 23.5. The van der Waals surface area contributed by atoms with Gasteiger partial charge < -0.3 is 10.1 Å². The minimum absolute atomic E-state index is 0. The van der Waals surface area contributed by atoms with Crippen molar-refractivity contribution in [2.75, 3.05) is 0 Å². The Hall–Kier alpha value is -2.57. The molecule has 0 bridgehead atoms. The second kappa shape index (κ2) is 10.1. The third kappa shape index (κ3) is 6.55.